The Hall–Kier alpha value is -2.60. The van der Waals surface area contributed by atoms with Crippen LogP contribution in [0.1, 0.15) is 126 Å². The van der Waals surface area contributed by atoms with E-state index in [1.54, 1.807) is 0 Å². The smallest absolute Gasteiger partial charge is 0.0199 e. The van der Waals surface area contributed by atoms with Crippen LogP contribution < -0.4 is 0 Å². The molecule has 0 amide bonds. The minimum absolute atomic E-state index is 0.471. The largest absolute Gasteiger partial charge is 0.0807 e. The summed E-state index contributed by atoms with van der Waals surface area (Å²) in [6, 6.07) is 21.7. The van der Waals surface area contributed by atoms with Crippen LogP contribution in [0.5, 0.6) is 0 Å². The summed E-state index contributed by atoms with van der Waals surface area (Å²) < 4.78 is 0. The van der Waals surface area contributed by atoms with E-state index in [2.05, 4.69) is 109 Å². The molecular weight excluding hydrogens is 480 g/mol. The Morgan fingerprint density at radius 1 is 0.300 bits per heavy atom. The molecule has 2 aliphatic rings. The molecule has 0 fully saturated rings. The number of rotatable bonds is 19. The van der Waals surface area contributed by atoms with Gasteiger partial charge in [-0.05, 0) is 35.8 Å². The molecule has 0 aromatic heterocycles. The minimum atomic E-state index is 0.471. The van der Waals surface area contributed by atoms with E-state index in [1.807, 2.05) is 0 Å². The molecule has 2 aliphatic carbocycles. The van der Waals surface area contributed by atoms with Gasteiger partial charge in [0.05, 0.1) is 0 Å². The summed E-state index contributed by atoms with van der Waals surface area (Å²) in [4.78, 5) is 0. The molecule has 2 aromatic rings. The maximum atomic E-state index is 2.44. The van der Waals surface area contributed by atoms with Crippen LogP contribution in [-0.4, -0.2) is 0 Å². The molecule has 0 saturated heterocycles. The summed E-state index contributed by atoms with van der Waals surface area (Å²) in [6.45, 7) is 0. The molecule has 0 heteroatoms. The zero-order valence-corrected chi connectivity index (χ0v) is 25.0. The number of allylic oxidation sites excluding steroid dienone is 8. The van der Waals surface area contributed by atoms with Crippen LogP contribution in [0, 0.1) is 11.8 Å². The SMILES string of the molecule is C1=CC(c2ccccc2)C=CC1CCCCCCCCCCCCCCCCC1C=CC(c2ccccc2)C=C1. The second-order valence-corrected chi connectivity index (χ2v) is 12.3. The number of hydrogen-bond acceptors (Lipinski definition) is 0. The first kappa shape index (κ1) is 30.4. The van der Waals surface area contributed by atoms with Crippen molar-refractivity contribution in [2.75, 3.05) is 0 Å². The molecule has 4 rings (SSSR count). The Bertz CT molecular complexity index is 911. The summed E-state index contributed by atoms with van der Waals surface area (Å²) in [7, 11) is 0. The van der Waals surface area contributed by atoms with E-state index in [4.69, 9.17) is 0 Å². The Labute approximate surface area is 246 Å². The van der Waals surface area contributed by atoms with Crippen molar-refractivity contribution in [3.63, 3.8) is 0 Å². The molecule has 0 N–H and O–H groups in total. The molecule has 0 heterocycles. The molecule has 0 radical (unpaired) electrons. The molecule has 0 bridgehead atoms. The van der Waals surface area contributed by atoms with Crippen molar-refractivity contribution in [2.24, 2.45) is 11.8 Å². The normalized spacial score (nSPS) is 21.7. The first-order valence-electron chi connectivity index (χ1n) is 16.7. The molecule has 214 valence electrons. The molecule has 40 heavy (non-hydrogen) atoms. The van der Waals surface area contributed by atoms with Gasteiger partial charge in [-0.3, -0.25) is 0 Å². The van der Waals surface area contributed by atoms with E-state index >= 15 is 0 Å². The highest BCUT2D eigenvalue weighted by Gasteiger charge is 2.12. The van der Waals surface area contributed by atoms with Gasteiger partial charge in [-0.15, -0.1) is 0 Å². The highest BCUT2D eigenvalue weighted by Crippen LogP contribution is 2.28. The lowest BCUT2D eigenvalue weighted by molar-refractivity contribution is 0.518. The fourth-order valence-electron chi connectivity index (χ4n) is 6.37. The topological polar surface area (TPSA) is 0 Å². The van der Waals surface area contributed by atoms with Gasteiger partial charge in [0.1, 0.15) is 0 Å². The van der Waals surface area contributed by atoms with E-state index in [0.717, 1.165) is 0 Å². The molecule has 0 unspecified atom stereocenters. The van der Waals surface area contributed by atoms with Crippen molar-refractivity contribution in [3.8, 4) is 0 Å². The first-order chi connectivity index (χ1) is 19.9. The van der Waals surface area contributed by atoms with Crippen molar-refractivity contribution in [2.45, 2.75) is 115 Å². The standard InChI is InChI=1S/C40H54/c1(3-5-7-9-11-15-21-35-27-31-39(32-28-35)37-23-17-13-18-24-37)2-4-6-8-10-12-16-22-36-29-33-40(34-30-36)38-25-19-14-20-26-38/h13-14,17-20,23-36,39-40H,1-12,15-16,21-22H2. The number of unbranched alkanes of at least 4 members (excludes halogenated alkanes) is 13. The van der Waals surface area contributed by atoms with Crippen molar-refractivity contribution in [1.82, 2.24) is 0 Å². The molecule has 0 saturated carbocycles. The lowest BCUT2D eigenvalue weighted by atomic mass is 9.88. The van der Waals surface area contributed by atoms with Crippen LogP contribution in [0.2, 0.25) is 0 Å². The predicted octanol–water partition coefficient (Wildman–Crippen LogP) is 12.3. The van der Waals surface area contributed by atoms with Crippen LogP contribution in [0.25, 0.3) is 0 Å². The maximum Gasteiger partial charge on any atom is 0.0199 e. The zero-order valence-electron chi connectivity index (χ0n) is 25.0. The second-order valence-electron chi connectivity index (χ2n) is 12.3. The quantitative estimate of drug-likeness (QED) is 0.124. The molecular formula is C40H54. The second kappa shape index (κ2) is 18.7. The van der Waals surface area contributed by atoms with Gasteiger partial charge in [-0.1, -0.05) is 199 Å². The van der Waals surface area contributed by atoms with Crippen molar-refractivity contribution in [1.29, 1.82) is 0 Å². The van der Waals surface area contributed by atoms with Gasteiger partial charge in [0, 0.05) is 11.8 Å². The summed E-state index contributed by atoms with van der Waals surface area (Å²) in [6.07, 6.45) is 41.9. The summed E-state index contributed by atoms with van der Waals surface area (Å²) in [5, 5.41) is 0. The van der Waals surface area contributed by atoms with Crippen LogP contribution in [0.3, 0.4) is 0 Å². The van der Waals surface area contributed by atoms with E-state index < -0.39 is 0 Å². The summed E-state index contributed by atoms with van der Waals surface area (Å²) in [5.74, 6) is 2.25. The van der Waals surface area contributed by atoms with Crippen molar-refractivity contribution in [3.05, 3.63) is 120 Å². The third-order valence-corrected chi connectivity index (χ3v) is 8.96. The monoisotopic (exact) mass is 534 g/mol. The van der Waals surface area contributed by atoms with Crippen LogP contribution in [0.15, 0.2) is 109 Å². The zero-order chi connectivity index (χ0) is 27.5. The molecule has 0 aliphatic heterocycles. The lowest BCUT2D eigenvalue weighted by Gasteiger charge is -2.17. The molecule has 0 nitrogen and oxygen atoms in total. The maximum absolute atomic E-state index is 2.44. The predicted molar refractivity (Wildman–Crippen MR) is 176 cm³/mol. The van der Waals surface area contributed by atoms with Gasteiger partial charge >= 0.3 is 0 Å². The average Bonchev–Trinajstić information content (AvgIpc) is 3.02. The number of hydrogen-bond donors (Lipinski definition) is 0. The summed E-state index contributed by atoms with van der Waals surface area (Å²) in [5.41, 5.74) is 2.81. The van der Waals surface area contributed by atoms with Crippen LogP contribution in [0.4, 0.5) is 0 Å². The van der Waals surface area contributed by atoms with E-state index in [9.17, 15) is 0 Å². The van der Waals surface area contributed by atoms with Crippen LogP contribution in [-0.2, 0) is 0 Å². The first-order valence-corrected chi connectivity index (χ1v) is 16.7. The van der Waals surface area contributed by atoms with E-state index in [-0.39, 0.29) is 0 Å². The Kier molecular flexibility index (Phi) is 14.2. The Morgan fingerprint density at radius 3 is 0.875 bits per heavy atom. The highest BCUT2D eigenvalue weighted by molar-refractivity contribution is 5.32. The van der Waals surface area contributed by atoms with E-state index in [0.29, 0.717) is 23.7 Å². The third kappa shape index (κ3) is 11.5. The van der Waals surface area contributed by atoms with Gasteiger partial charge in [0.25, 0.3) is 0 Å². The van der Waals surface area contributed by atoms with Gasteiger partial charge in [0.15, 0.2) is 0 Å². The van der Waals surface area contributed by atoms with Crippen molar-refractivity contribution >= 4 is 0 Å². The molecule has 0 atom stereocenters. The third-order valence-electron chi connectivity index (χ3n) is 8.96. The Morgan fingerprint density at radius 2 is 0.575 bits per heavy atom. The highest BCUT2D eigenvalue weighted by atomic mass is 14.2. The van der Waals surface area contributed by atoms with Gasteiger partial charge in [-0.2, -0.15) is 0 Å². The molecule has 2 aromatic carbocycles. The fourth-order valence-corrected chi connectivity index (χ4v) is 6.37. The van der Waals surface area contributed by atoms with E-state index in [1.165, 1.54) is 114 Å². The van der Waals surface area contributed by atoms with Gasteiger partial charge in [-0.25, -0.2) is 0 Å². The molecule has 0 spiro atoms. The minimum Gasteiger partial charge on any atom is -0.0807 e. The number of benzene rings is 2. The summed E-state index contributed by atoms with van der Waals surface area (Å²) >= 11 is 0. The lowest BCUT2D eigenvalue weighted by Crippen LogP contribution is -2.01. The average molecular weight is 535 g/mol. The fraction of sp³-hybridized carbons (Fsp3) is 0.500. The van der Waals surface area contributed by atoms with Gasteiger partial charge in [0.2, 0.25) is 0 Å². The van der Waals surface area contributed by atoms with Crippen molar-refractivity contribution < 1.29 is 0 Å². The van der Waals surface area contributed by atoms with Crippen LogP contribution >= 0.6 is 0 Å². The van der Waals surface area contributed by atoms with Gasteiger partial charge < -0.3 is 0 Å². The Balaban J connectivity index is 0.876.